The van der Waals surface area contributed by atoms with Crippen LogP contribution in [0, 0.1) is 6.92 Å². The Labute approximate surface area is 118 Å². The summed E-state index contributed by atoms with van der Waals surface area (Å²) in [5.74, 6) is 0. The van der Waals surface area contributed by atoms with Gasteiger partial charge in [-0.3, -0.25) is 0 Å². The highest BCUT2D eigenvalue weighted by atomic mass is 35.5. The zero-order valence-electron chi connectivity index (χ0n) is 10.4. The predicted octanol–water partition coefficient (Wildman–Crippen LogP) is 4.39. The van der Waals surface area contributed by atoms with E-state index in [9.17, 15) is 13.2 Å². The van der Waals surface area contributed by atoms with E-state index in [-0.39, 0.29) is 11.4 Å². The standard InChI is InChI=1S/C13H11ClF3N3/c1-7-8(14)3-2-4-10(7)20-11-5-12(13(15,16)17)19-6-9(11)18/h2-6H,18H2,1H3,(H,19,20). The molecule has 20 heavy (non-hydrogen) atoms. The summed E-state index contributed by atoms with van der Waals surface area (Å²) in [6, 6.07) is 5.96. The van der Waals surface area contributed by atoms with Crippen LogP contribution in [-0.2, 0) is 6.18 Å². The van der Waals surface area contributed by atoms with Crippen LogP contribution in [0.5, 0.6) is 0 Å². The molecule has 1 aromatic carbocycles. The number of nitrogens with zero attached hydrogens (tertiary/aromatic N) is 1. The van der Waals surface area contributed by atoms with Gasteiger partial charge in [0.1, 0.15) is 5.69 Å². The van der Waals surface area contributed by atoms with E-state index in [2.05, 4.69) is 10.3 Å². The van der Waals surface area contributed by atoms with Crippen LogP contribution < -0.4 is 11.1 Å². The SMILES string of the molecule is Cc1c(Cl)cccc1Nc1cc(C(F)(F)F)ncc1N. The number of hydrogen-bond donors (Lipinski definition) is 2. The Morgan fingerprint density at radius 1 is 1.25 bits per heavy atom. The van der Waals surface area contributed by atoms with Crippen LogP contribution in [0.25, 0.3) is 0 Å². The average Bonchev–Trinajstić information content (AvgIpc) is 2.36. The van der Waals surface area contributed by atoms with E-state index >= 15 is 0 Å². The molecule has 1 aromatic heterocycles. The second-order valence-electron chi connectivity index (χ2n) is 4.19. The Morgan fingerprint density at radius 2 is 1.95 bits per heavy atom. The van der Waals surface area contributed by atoms with Crippen molar-refractivity contribution in [2.75, 3.05) is 11.1 Å². The molecule has 0 spiro atoms. The summed E-state index contributed by atoms with van der Waals surface area (Å²) in [4.78, 5) is 3.28. The van der Waals surface area contributed by atoms with Gasteiger partial charge in [-0.1, -0.05) is 17.7 Å². The third kappa shape index (κ3) is 2.96. The minimum atomic E-state index is -4.52. The van der Waals surface area contributed by atoms with Crippen LogP contribution in [0.3, 0.4) is 0 Å². The predicted molar refractivity (Wildman–Crippen MR) is 73.1 cm³/mol. The molecule has 0 saturated carbocycles. The first kappa shape index (κ1) is 14.5. The van der Waals surface area contributed by atoms with Crippen molar-refractivity contribution in [1.29, 1.82) is 0 Å². The quantitative estimate of drug-likeness (QED) is 0.865. The summed E-state index contributed by atoms with van der Waals surface area (Å²) < 4.78 is 37.9. The van der Waals surface area contributed by atoms with Crippen LogP contribution >= 0.6 is 11.6 Å². The first-order chi connectivity index (χ1) is 9.29. The lowest BCUT2D eigenvalue weighted by Gasteiger charge is -2.14. The van der Waals surface area contributed by atoms with Gasteiger partial charge in [0.05, 0.1) is 17.6 Å². The van der Waals surface area contributed by atoms with Gasteiger partial charge in [-0.05, 0) is 30.7 Å². The van der Waals surface area contributed by atoms with Gasteiger partial charge >= 0.3 is 6.18 Å². The molecule has 0 atom stereocenters. The number of benzene rings is 1. The van der Waals surface area contributed by atoms with Gasteiger partial charge in [-0.2, -0.15) is 13.2 Å². The Hall–Kier alpha value is -1.95. The zero-order chi connectivity index (χ0) is 14.9. The summed E-state index contributed by atoms with van der Waals surface area (Å²) >= 11 is 5.96. The Kier molecular flexibility index (Phi) is 3.76. The number of aromatic nitrogens is 1. The highest BCUT2D eigenvalue weighted by Crippen LogP contribution is 2.33. The summed E-state index contributed by atoms with van der Waals surface area (Å²) in [5, 5.41) is 3.36. The Balaban J connectivity index is 2.41. The lowest BCUT2D eigenvalue weighted by molar-refractivity contribution is -0.141. The minimum Gasteiger partial charge on any atom is -0.396 e. The van der Waals surface area contributed by atoms with E-state index in [1.54, 1.807) is 25.1 Å². The summed E-state index contributed by atoms with van der Waals surface area (Å²) in [5.41, 5.74) is 6.20. The summed E-state index contributed by atoms with van der Waals surface area (Å²) in [6.07, 6.45) is -3.54. The van der Waals surface area contributed by atoms with Crippen molar-refractivity contribution >= 4 is 28.7 Å². The molecule has 106 valence electrons. The number of anilines is 3. The normalized spacial score (nSPS) is 11.4. The molecule has 0 amide bonds. The minimum absolute atomic E-state index is 0.123. The summed E-state index contributed by atoms with van der Waals surface area (Å²) in [7, 11) is 0. The Morgan fingerprint density at radius 3 is 2.60 bits per heavy atom. The van der Waals surface area contributed by atoms with E-state index in [0.29, 0.717) is 10.7 Å². The number of hydrogen-bond acceptors (Lipinski definition) is 3. The van der Waals surface area contributed by atoms with E-state index in [1.807, 2.05) is 0 Å². The molecule has 3 nitrogen and oxygen atoms in total. The van der Waals surface area contributed by atoms with Crippen LogP contribution in [-0.4, -0.2) is 4.98 Å². The number of rotatable bonds is 2. The van der Waals surface area contributed by atoms with Gasteiger partial charge in [-0.25, -0.2) is 4.98 Å². The molecule has 0 aliphatic heterocycles. The van der Waals surface area contributed by atoms with Crippen LogP contribution in [0.4, 0.5) is 30.2 Å². The fraction of sp³-hybridized carbons (Fsp3) is 0.154. The first-order valence-electron chi connectivity index (χ1n) is 5.64. The fourth-order valence-electron chi connectivity index (χ4n) is 1.62. The van der Waals surface area contributed by atoms with Gasteiger partial charge in [0.2, 0.25) is 0 Å². The molecule has 0 bridgehead atoms. The molecule has 0 radical (unpaired) electrons. The lowest BCUT2D eigenvalue weighted by Crippen LogP contribution is -2.09. The molecule has 0 saturated heterocycles. The van der Waals surface area contributed by atoms with Crippen molar-refractivity contribution in [1.82, 2.24) is 4.98 Å². The maximum atomic E-state index is 12.6. The molecule has 2 rings (SSSR count). The highest BCUT2D eigenvalue weighted by Gasteiger charge is 2.33. The van der Waals surface area contributed by atoms with Crippen LogP contribution in [0.15, 0.2) is 30.5 Å². The third-order valence-electron chi connectivity index (χ3n) is 2.76. The molecule has 0 aliphatic rings. The Bertz CT molecular complexity index is 641. The zero-order valence-corrected chi connectivity index (χ0v) is 11.2. The molecule has 0 aliphatic carbocycles. The van der Waals surface area contributed by atoms with E-state index < -0.39 is 11.9 Å². The number of halogens is 4. The monoisotopic (exact) mass is 301 g/mol. The second-order valence-corrected chi connectivity index (χ2v) is 4.60. The number of pyridine rings is 1. The number of alkyl halides is 3. The maximum Gasteiger partial charge on any atom is 0.433 e. The molecule has 3 N–H and O–H groups in total. The molecule has 7 heteroatoms. The topological polar surface area (TPSA) is 50.9 Å². The van der Waals surface area contributed by atoms with Crippen LogP contribution in [0.2, 0.25) is 5.02 Å². The fourth-order valence-corrected chi connectivity index (χ4v) is 1.79. The molecular formula is C13H11ClF3N3. The van der Waals surface area contributed by atoms with Gasteiger partial charge in [0.15, 0.2) is 0 Å². The van der Waals surface area contributed by atoms with Crippen molar-refractivity contribution in [2.45, 2.75) is 13.1 Å². The number of nitrogens with two attached hydrogens (primary N) is 1. The van der Waals surface area contributed by atoms with Crippen molar-refractivity contribution in [3.8, 4) is 0 Å². The highest BCUT2D eigenvalue weighted by molar-refractivity contribution is 6.31. The first-order valence-corrected chi connectivity index (χ1v) is 6.01. The molecule has 0 fully saturated rings. The average molecular weight is 302 g/mol. The van der Waals surface area contributed by atoms with Crippen molar-refractivity contribution < 1.29 is 13.2 Å². The molecule has 2 aromatic rings. The van der Waals surface area contributed by atoms with Crippen molar-refractivity contribution in [3.63, 3.8) is 0 Å². The third-order valence-corrected chi connectivity index (χ3v) is 3.17. The van der Waals surface area contributed by atoms with E-state index in [4.69, 9.17) is 17.3 Å². The lowest BCUT2D eigenvalue weighted by atomic mass is 10.2. The molecular weight excluding hydrogens is 291 g/mol. The van der Waals surface area contributed by atoms with Gasteiger partial charge < -0.3 is 11.1 Å². The molecule has 0 unspecified atom stereocenters. The maximum absolute atomic E-state index is 12.6. The number of nitrogens with one attached hydrogen (secondary N) is 1. The van der Waals surface area contributed by atoms with Crippen molar-refractivity contribution in [3.05, 3.63) is 46.7 Å². The van der Waals surface area contributed by atoms with E-state index in [1.165, 1.54) is 0 Å². The second kappa shape index (κ2) is 5.20. The van der Waals surface area contributed by atoms with Crippen LogP contribution in [0.1, 0.15) is 11.3 Å². The summed E-state index contributed by atoms with van der Waals surface area (Å²) in [6.45, 7) is 1.76. The van der Waals surface area contributed by atoms with E-state index in [0.717, 1.165) is 17.8 Å². The largest absolute Gasteiger partial charge is 0.433 e. The number of nitrogen functional groups attached to an aromatic ring is 1. The molecule has 1 heterocycles. The van der Waals surface area contributed by atoms with Crippen molar-refractivity contribution in [2.24, 2.45) is 0 Å². The smallest absolute Gasteiger partial charge is 0.396 e. The van der Waals surface area contributed by atoms with Gasteiger partial charge in [0, 0.05) is 10.7 Å². The van der Waals surface area contributed by atoms with Gasteiger partial charge in [-0.15, -0.1) is 0 Å². The van der Waals surface area contributed by atoms with Gasteiger partial charge in [0.25, 0.3) is 0 Å².